The van der Waals surface area contributed by atoms with Crippen molar-refractivity contribution in [2.75, 3.05) is 0 Å². The van der Waals surface area contributed by atoms with Gasteiger partial charge in [-0.05, 0) is 102 Å². The summed E-state index contributed by atoms with van der Waals surface area (Å²) in [5.74, 6) is 1.98. The Morgan fingerprint density at radius 2 is 1.07 bits per heavy atom. The number of hydrogen-bond acceptors (Lipinski definition) is 2. The summed E-state index contributed by atoms with van der Waals surface area (Å²) in [5.41, 5.74) is 14.4. The van der Waals surface area contributed by atoms with Gasteiger partial charge in [0, 0.05) is 55.9 Å². The number of hydrogen-bond donors (Lipinski definition) is 0. The Labute approximate surface area is 463 Å². The molecule has 0 bridgehead atoms. The molecule has 0 saturated heterocycles. The van der Waals surface area contributed by atoms with Crippen LogP contribution in [0, 0.1) is 18.5 Å². The maximum atomic E-state index is 7.08. The Morgan fingerprint density at radius 3 is 1.70 bits per heavy atom. The molecule has 0 N–H and O–H groups in total. The normalized spacial score (nSPS) is 12.2. The Hall–Kier alpha value is -7.59. The van der Waals surface area contributed by atoms with Gasteiger partial charge in [0.05, 0.1) is 11.4 Å². The van der Waals surface area contributed by atoms with E-state index in [9.17, 15) is 0 Å². The van der Waals surface area contributed by atoms with E-state index in [4.69, 9.17) is 9.72 Å². The predicted molar refractivity (Wildman–Crippen MR) is 308 cm³/mol. The molecule has 11 rings (SSSR count). The summed E-state index contributed by atoms with van der Waals surface area (Å²) in [7, 11) is 0. The molecule has 11 aromatic rings. The summed E-state index contributed by atoms with van der Waals surface area (Å²) >= 11 is 0. The third kappa shape index (κ3) is 10.0. The van der Waals surface area contributed by atoms with Crippen molar-refractivity contribution in [3.63, 3.8) is 0 Å². The maximum absolute atomic E-state index is 7.08. The van der Waals surface area contributed by atoms with Crippen molar-refractivity contribution in [2.45, 2.75) is 90.9 Å². The van der Waals surface area contributed by atoms with Crippen molar-refractivity contribution < 1.29 is 30.4 Å². The van der Waals surface area contributed by atoms with Crippen molar-refractivity contribution in [1.82, 2.24) is 14.1 Å². The van der Waals surface area contributed by atoms with E-state index >= 15 is 0 Å². The SMILES string of the molecule is CC(C)(C)c1cc(-c2ccccc2)cc(-[n+]2[c-]n(-c3[c-]c(Oc4[c-]c5c(cc4)c4cc(-c6ccccc6)ccc4n5-c4cc(C(C)(C)C)ccn4)cc(C(C)(C)c4ccccc4)c3)cc2C(C)(C)c2ccccc2)c1.[Pt]. The monoisotopic (exact) mass is 1170 g/mol. The molecule has 8 aromatic carbocycles. The van der Waals surface area contributed by atoms with Gasteiger partial charge in [-0.25, -0.2) is 4.98 Å². The second kappa shape index (κ2) is 20.2. The minimum absolute atomic E-state index is 0. The van der Waals surface area contributed by atoms with E-state index in [-0.39, 0.29) is 31.9 Å². The summed E-state index contributed by atoms with van der Waals surface area (Å²) in [5, 5.41) is 2.18. The van der Waals surface area contributed by atoms with Crippen molar-refractivity contribution in [3.8, 4) is 50.9 Å². The molecule has 0 spiro atoms. The average Bonchev–Trinajstić information content (AvgIpc) is 4.02. The summed E-state index contributed by atoms with van der Waals surface area (Å²) < 4.78 is 13.7. The van der Waals surface area contributed by atoms with Crippen LogP contribution in [0.5, 0.6) is 11.5 Å². The smallest absolute Gasteiger partial charge is 0.267 e. The van der Waals surface area contributed by atoms with Crippen molar-refractivity contribution in [2.24, 2.45) is 0 Å². The van der Waals surface area contributed by atoms with Crippen LogP contribution in [-0.2, 0) is 42.7 Å². The zero-order valence-corrected chi connectivity index (χ0v) is 47.4. The molecule has 0 unspecified atom stereocenters. The molecule has 0 aliphatic carbocycles. The predicted octanol–water partition coefficient (Wildman–Crippen LogP) is 17.0. The van der Waals surface area contributed by atoms with Gasteiger partial charge in [-0.3, -0.25) is 4.57 Å². The number of fused-ring (bicyclic) bond motifs is 3. The molecular formula is C70H64N4OPt-2. The molecule has 0 saturated carbocycles. The summed E-state index contributed by atoms with van der Waals surface area (Å²) in [6.45, 7) is 22.7. The van der Waals surface area contributed by atoms with E-state index in [0.29, 0.717) is 11.5 Å². The summed E-state index contributed by atoms with van der Waals surface area (Å²) in [4.78, 5) is 4.99. The minimum Gasteiger partial charge on any atom is -0.510 e. The van der Waals surface area contributed by atoms with Gasteiger partial charge in [-0.2, -0.15) is 12.1 Å². The standard InChI is InChI=1S/C70H64N4O.Pt/c1-67(2,3)54-35-36-71-66(43-54)74-63-34-31-50(48-23-15-11-16-24-48)39-62(63)61-33-32-59(45-64(61)74)75-60-42-56(69(7,8)52-27-19-13-20-28-52)41-57(44-60)72-46-65(70(9,10)53-29-21-14-22-30-53)73(47-72)58-38-51(49-25-17-12-18-26-49)37-55(40-58)68(4,5)6;/h11-43,46H,1-10H3;/q-2;. The Kier molecular flexibility index (Phi) is 13.8. The van der Waals surface area contributed by atoms with Gasteiger partial charge in [-0.1, -0.05) is 214 Å². The van der Waals surface area contributed by atoms with Crippen LogP contribution in [0.2, 0.25) is 0 Å². The van der Waals surface area contributed by atoms with Crippen LogP contribution in [-0.4, -0.2) is 14.1 Å². The number of aromatic nitrogens is 4. The van der Waals surface area contributed by atoms with Crippen molar-refractivity contribution in [1.29, 1.82) is 0 Å². The van der Waals surface area contributed by atoms with Gasteiger partial charge in [0.1, 0.15) is 5.82 Å². The van der Waals surface area contributed by atoms with Crippen LogP contribution >= 0.6 is 0 Å². The number of nitrogens with zero attached hydrogens (tertiary/aromatic N) is 4. The van der Waals surface area contributed by atoms with Crippen LogP contribution in [0.1, 0.15) is 103 Å². The Bertz CT molecular complexity index is 3860. The molecule has 0 radical (unpaired) electrons. The molecular weight excluding hydrogens is 1110 g/mol. The fourth-order valence-corrected chi connectivity index (χ4v) is 10.4. The molecule has 0 fully saturated rings. The second-order valence-corrected chi connectivity index (χ2v) is 23.1. The first-order valence-electron chi connectivity index (χ1n) is 26.1. The zero-order chi connectivity index (χ0) is 52.3. The molecule has 3 aromatic heterocycles. The number of ether oxygens (including phenoxy) is 1. The first-order valence-corrected chi connectivity index (χ1v) is 26.1. The fourth-order valence-electron chi connectivity index (χ4n) is 10.4. The molecule has 0 atom stereocenters. The topological polar surface area (TPSA) is 35.9 Å². The average molecular weight is 1170 g/mol. The van der Waals surface area contributed by atoms with Gasteiger partial charge in [0.2, 0.25) is 0 Å². The summed E-state index contributed by atoms with van der Waals surface area (Å²) in [6.07, 6.45) is 8.03. The van der Waals surface area contributed by atoms with E-state index in [0.717, 1.165) is 61.4 Å². The van der Waals surface area contributed by atoms with E-state index in [1.807, 2.05) is 12.3 Å². The number of imidazole rings is 1. The van der Waals surface area contributed by atoms with Crippen LogP contribution in [0.4, 0.5) is 0 Å². The molecule has 3 heterocycles. The van der Waals surface area contributed by atoms with E-state index < -0.39 is 10.8 Å². The van der Waals surface area contributed by atoms with Gasteiger partial charge >= 0.3 is 0 Å². The summed E-state index contributed by atoms with van der Waals surface area (Å²) in [6, 6.07) is 76.7. The maximum Gasteiger partial charge on any atom is 0.267 e. The van der Waals surface area contributed by atoms with Crippen LogP contribution < -0.4 is 9.30 Å². The van der Waals surface area contributed by atoms with Gasteiger partial charge < -0.3 is 13.9 Å². The van der Waals surface area contributed by atoms with E-state index in [1.54, 1.807) is 0 Å². The molecule has 76 heavy (non-hydrogen) atoms. The van der Waals surface area contributed by atoms with Crippen LogP contribution in [0.15, 0.2) is 207 Å². The van der Waals surface area contributed by atoms with Crippen LogP contribution in [0.3, 0.4) is 0 Å². The number of benzene rings is 8. The van der Waals surface area contributed by atoms with Gasteiger partial charge in [0.25, 0.3) is 6.33 Å². The van der Waals surface area contributed by atoms with Crippen molar-refractivity contribution in [3.05, 3.63) is 258 Å². The fraction of sp³-hybridized carbons (Fsp3) is 0.200. The Balaban J connectivity index is 0.00000657. The second-order valence-electron chi connectivity index (χ2n) is 23.1. The van der Waals surface area contributed by atoms with Crippen molar-refractivity contribution >= 4 is 21.8 Å². The number of pyridine rings is 1. The molecule has 0 aliphatic heterocycles. The largest absolute Gasteiger partial charge is 0.510 e. The third-order valence-corrected chi connectivity index (χ3v) is 15.1. The first kappa shape index (κ1) is 51.9. The molecule has 382 valence electrons. The Morgan fingerprint density at radius 1 is 0.461 bits per heavy atom. The molecule has 0 amide bonds. The van der Waals surface area contributed by atoms with Crippen LogP contribution in [0.25, 0.3) is 61.3 Å². The molecule has 0 aliphatic rings. The van der Waals surface area contributed by atoms with Gasteiger partial charge in [0.15, 0.2) is 0 Å². The minimum atomic E-state index is -0.431. The third-order valence-electron chi connectivity index (χ3n) is 15.1. The first-order chi connectivity index (χ1) is 35.9. The molecule has 5 nitrogen and oxygen atoms in total. The zero-order valence-electron chi connectivity index (χ0n) is 45.1. The quantitative estimate of drug-likeness (QED) is 0.0956. The molecule has 6 heteroatoms. The van der Waals surface area contributed by atoms with E-state index in [2.05, 4.69) is 296 Å². The number of rotatable bonds is 11. The van der Waals surface area contributed by atoms with Gasteiger partial charge in [-0.15, -0.1) is 35.2 Å². The van der Waals surface area contributed by atoms with E-state index in [1.165, 1.54) is 33.4 Å².